The Morgan fingerprint density at radius 2 is 2.04 bits per heavy atom. The molecular weight excluding hydrogens is 391 g/mol. The predicted molar refractivity (Wildman–Crippen MR) is 106 cm³/mol. The largest absolute Gasteiger partial charge is 0.355 e. The highest BCUT2D eigenvalue weighted by molar-refractivity contribution is 7.99. The zero-order valence-electron chi connectivity index (χ0n) is 14.2. The molecule has 0 atom stereocenters. The summed E-state index contributed by atoms with van der Waals surface area (Å²) in [6.45, 7) is 3.85. The van der Waals surface area contributed by atoms with Crippen molar-refractivity contribution in [3.05, 3.63) is 34.4 Å². The van der Waals surface area contributed by atoms with Gasteiger partial charge in [-0.15, -0.1) is 0 Å². The molecule has 0 aliphatic carbocycles. The number of nitrogens with zero attached hydrogens (tertiary/aromatic N) is 4. The molecular formula is C17H18Cl2N6S. The second-order valence-corrected chi connectivity index (χ2v) is 8.57. The molecule has 136 valence electrons. The van der Waals surface area contributed by atoms with Gasteiger partial charge in [-0.1, -0.05) is 41.0 Å². The SMILES string of the molecule is CC1(N)CCN(c2cnc3c(Sc4cccc(Cl)c4Cl)n[nH]c3n2)CC1. The fraction of sp³-hybridized carbons (Fsp3) is 0.353. The van der Waals surface area contributed by atoms with E-state index in [0.717, 1.165) is 47.2 Å². The molecule has 3 aromatic rings. The highest BCUT2D eigenvalue weighted by atomic mass is 35.5. The lowest BCUT2D eigenvalue weighted by atomic mass is 9.91. The van der Waals surface area contributed by atoms with Crippen LogP contribution in [-0.4, -0.2) is 38.8 Å². The first kappa shape index (κ1) is 17.9. The average Bonchev–Trinajstić information content (AvgIpc) is 3.01. The van der Waals surface area contributed by atoms with Crippen LogP contribution < -0.4 is 10.6 Å². The summed E-state index contributed by atoms with van der Waals surface area (Å²) in [7, 11) is 0. The number of piperidine rings is 1. The van der Waals surface area contributed by atoms with Gasteiger partial charge in [0.15, 0.2) is 10.7 Å². The lowest BCUT2D eigenvalue weighted by Gasteiger charge is -2.37. The van der Waals surface area contributed by atoms with E-state index in [2.05, 4.69) is 32.0 Å². The quantitative estimate of drug-likeness (QED) is 0.677. The molecule has 0 bridgehead atoms. The third-order valence-corrected chi connectivity index (χ3v) is 6.55. The third kappa shape index (κ3) is 3.49. The van der Waals surface area contributed by atoms with Gasteiger partial charge in [0, 0.05) is 23.5 Å². The van der Waals surface area contributed by atoms with Crippen LogP contribution in [0.2, 0.25) is 10.0 Å². The van der Waals surface area contributed by atoms with Gasteiger partial charge in [-0.25, -0.2) is 9.97 Å². The Hall–Kier alpha value is -1.54. The second kappa shape index (κ2) is 6.88. The first-order valence-electron chi connectivity index (χ1n) is 8.30. The minimum Gasteiger partial charge on any atom is -0.355 e. The topological polar surface area (TPSA) is 83.7 Å². The maximum atomic E-state index is 6.27. The predicted octanol–water partition coefficient (Wildman–Crippen LogP) is 4.13. The van der Waals surface area contributed by atoms with Crippen LogP contribution in [0.5, 0.6) is 0 Å². The van der Waals surface area contributed by atoms with Crippen molar-refractivity contribution < 1.29 is 0 Å². The van der Waals surface area contributed by atoms with Crippen molar-refractivity contribution in [2.45, 2.75) is 35.2 Å². The maximum absolute atomic E-state index is 6.27. The number of hydrogen-bond donors (Lipinski definition) is 2. The molecule has 6 nitrogen and oxygen atoms in total. The molecule has 2 aromatic heterocycles. The Balaban J connectivity index is 1.59. The van der Waals surface area contributed by atoms with Gasteiger partial charge in [-0.3, -0.25) is 5.10 Å². The van der Waals surface area contributed by atoms with Crippen molar-refractivity contribution in [3.63, 3.8) is 0 Å². The van der Waals surface area contributed by atoms with E-state index in [0.29, 0.717) is 15.7 Å². The second-order valence-electron chi connectivity index (χ2n) is 6.75. The van der Waals surface area contributed by atoms with E-state index >= 15 is 0 Å². The summed E-state index contributed by atoms with van der Waals surface area (Å²) in [5.74, 6) is 0.842. The third-order valence-electron chi connectivity index (χ3n) is 4.58. The van der Waals surface area contributed by atoms with Crippen LogP contribution in [0.15, 0.2) is 34.3 Å². The Morgan fingerprint density at radius 1 is 1.27 bits per heavy atom. The van der Waals surface area contributed by atoms with Crippen molar-refractivity contribution in [3.8, 4) is 0 Å². The molecule has 0 radical (unpaired) electrons. The molecule has 1 fully saturated rings. The van der Waals surface area contributed by atoms with Crippen LogP contribution in [-0.2, 0) is 0 Å². The summed E-state index contributed by atoms with van der Waals surface area (Å²) in [4.78, 5) is 12.3. The molecule has 0 saturated carbocycles. The Bertz CT molecular complexity index is 948. The number of halogens is 2. The minimum atomic E-state index is -0.0952. The maximum Gasteiger partial charge on any atom is 0.177 e. The summed E-state index contributed by atoms with van der Waals surface area (Å²) in [6, 6.07) is 5.52. The van der Waals surface area contributed by atoms with E-state index in [4.69, 9.17) is 28.9 Å². The molecule has 3 heterocycles. The summed E-state index contributed by atoms with van der Waals surface area (Å²) < 4.78 is 0. The number of rotatable bonds is 3. The smallest absolute Gasteiger partial charge is 0.177 e. The van der Waals surface area contributed by atoms with E-state index in [9.17, 15) is 0 Å². The number of nitrogens with one attached hydrogen (secondary N) is 1. The summed E-state index contributed by atoms with van der Waals surface area (Å²) >= 11 is 13.8. The number of benzene rings is 1. The number of anilines is 1. The average molecular weight is 409 g/mol. The molecule has 1 aliphatic rings. The monoisotopic (exact) mass is 408 g/mol. The van der Waals surface area contributed by atoms with E-state index in [-0.39, 0.29) is 5.54 Å². The number of nitrogens with two attached hydrogens (primary N) is 1. The van der Waals surface area contributed by atoms with Gasteiger partial charge >= 0.3 is 0 Å². The lowest BCUT2D eigenvalue weighted by Crippen LogP contribution is -2.48. The lowest BCUT2D eigenvalue weighted by molar-refractivity contribution is 0.363. The van der Waals surface area contributed by atoms with Gasteiger partial charge < -0.3 is 10.6 Å². The summed E-state index contributed by atoms with van der Waals surface area (Å²) in [6.07, 6.45) is 3.66. The van der Waals surface area contributed by atoms with Gasteiger partial charge in [0.1, 0.15) is 11.3 Å². The zero-order chi connectivity index (χ0) is 18.3. The van der Waals surface area contributed by atoms with Gasteiger partial charge in [0.05, 0.1) is 16.2 Å². The van der Waals surface area contributed by atoms with Crippen molar-refractivity contribution in [2.24, 2.45) is 5.73 Å². The molecule has 26 heavy (non-hydrogen) atoms. The standard InChI is InChI=1S/C17H18Cl2N6S/c1-17(20)5-7-25(8-6-17)12-9-21-14-15(22-12)23-24-16(14)26-11-4-2-3-10(18)13(11)19/h2-4,9H,5-8,20H2,1H3,(H,22,23,24). The fourth-order valence-corrected chi connectivity index (χ4v) is 4.27. The molecule has 0 unspecified atom stereocenters. The van der Waals surface area contributed by atoms with Crippen molar-refractivity contribution >= 4 is 51.9 Å². The Labute approximate surface area is 165 Å². The van der Waals surface area contributed by atoms with Crippen molar-refractivity contribution in [1.82, 2.24) is 20.2 Å². The molecule has 0 amide bonds. The number of aromatic nitrogens is 4. The summed E-state index contributed by atoms with van der Waals surface area (Å²) in [5, 5.41) is 9.06. The molecule has 1 saturated heterocycles. The van der Waals surface area contributed by atoms with E-state index < -0.39 is 0 Å². The van der Waals surface area contributed by atoms with Crippen LogP contribution in [0.4, 0.5) is 5.82 Å². The Kier molecular flexibility index (Phi) is 4.73. The first-order valence-corrected chi connectivity index (χ1v) is 9.87. The molecule has 9 heteroatoms. The summed E-state index contributed by atoms with van der Waals surface area (Å²) in [5.41, 5.74) is 7.49. The van der Waals surface area contributed by atoms with Crippen LogP contribution in [0.1, 0.15) is 19.8 Å². The van der Waals surface area contributed by atoms with E-state index in [1.807, 2.05) is 12.1 Å². The normalized spacial score (nSPS) is 17.0. The number of fused-ring (bicyclic) bond motifs is 1. The highest BCUT2D eigenvalue weighted by Crippen LogP contribution is 2.38. The van der Waals surface area contributed by atoms with Gasteiger partial charge in [0.25, 0.3) is 0 Å². The molecule has 1 aromatic carbocycles. The van der Waals surface area contributed by atoms with E-state index in [1.54, 1.807) is 12.3 Å². The number of H-pyrrole nitrogens is 1. The number of hydrogen-bond acceptors (Lipinski definition) is 6. The van der Waals surface area contributed by atoms with Gasteiger partial charge in [-0.05, 0) is 31.9 Å². The molecule has 1 aliphatic heterocycles. The molecule has 3 N–H and O–H groups in total. The van der Waals surface area contributed by atoms with Crippen LogP contribution in [0, 0.1) is 0 Å². The highest BCUT2D eigenvalue weighted by Gasteiger charge is 2.27. The van der Waals surface area contributed by atoms with Crippen molar-refractivity contribution in [1.29, 1.82) is 0 Å². The van der Waals surface area contributed by atoms with Crippen LogP contribution in [0.25, 0.3) is 11.2 Å². The van der Waals surface area contributed by atoms with Gasteiger partial charge in [-0.2, -0.15) is 5.10 Å². The Morgan fingerprint density at radius 3 is 2.81 bits per heavy atom. The fourth-order valence-electron chi connectivity index (χ4n) is 2.91. The number of aromatic amines is 1. The molecule has 0 spiro atoms. The minimum absolute atomic E-state index is 0.0952. The van der Waals surface area contributed by atoms with Gasteiger partial charge in [0.2, 0.25) is 0 Å². The van der Waals surface area contributed by atoms with Crippen molar-refractivity contribution in [2.75, 3.05) is 18.0 Å². The molecule has 4 rings (SSSR count). The first-order chi connectivity index (χ1) is 12.4. The zero-order valence-corrected chi connectivity index (χ0v) is 16.5. The van der Waals surface area contributed by atoms with Crippen LogP contribution in [0.3, 0.4) is 0 Å². The van der Waals surface area contributed by atoms with E-state index in [1.165, 1.54) is 11.8 Å². The van der Waals surface area contributed by atoms with Crippen LogP contribution >= 0.6 is 35.0 Å².